The molecule has 3 rings (SSSR count). The van der Waals surface area contributed by atoms with Gasteiger partial charge in [-0.2, -0.15) is 5.10 Å². The third-order valence-electron chi connectivity index (χ3n) is 4.99. The number of carbonyl (C=O) groups is 1. The maximum absolute atomic E-state index is 13.5. The van der Waals surface area contributed by atoms with Gasteiger partial charge in [0.05, 0.1) is 19.5 Å². The molecule has 146 valence electrons. The summed E-state index contributed by atoms with van der Waals surface area (Å²) in [6.45, 7) is 3.70. The highest BCUT2D eigenvalue weighted by atomic mass is 19.3. The predicted octanol–water partition coefficient (Wildman–Crippen LogP) is 3.91. The first kappa shape index (κ1) is 19.5. The van der Waals surface area contributed by atoms with E-state index in [9.17, 15) is 13.6 Å². The van der Waals surface area contributed by atoms with Gasteiger partial charge in [0.25, 0.3) is 6.43 Å². The number of carbonyl (C=O) groups excluding carboxylic acids is 1. The summed E-state index contributed by atoms with van der Waals surface area (Å²) in [6.07, 6.45) is 1.49. The molecule has 0 N–H and O–H groups in total. The molecule has 5 nitrogen and oxygen atoms in total. The van der Waals surface area contributed by atoms with E-state index in [1.807, 2.05) is 6.07 Å². The van der Waals surface area contributed by atoms with E-state index in [-0.39, 0.29) is 24.5 Å². The topological polar surface area (TPSA) is 47.4 Å². The molecule has 0 atom stereocenters. The first-order valence-electron chi connectivity index (χ1n) is 9.35. The normalized spacial score (nSPS) is 16.0. The molecule has 0 spiro atoms. The van der Waals surface area contributed by atoms with Crippen LogP contribution in [0.15, 0.2) is 36.5 Å². The molecule has 27 heavy (non-hydrogen) atoms. The number of hydrogen-bond donors (Lipinski definition) is 0. The molecule has 2 heterocycles. The molecule has 0 aliphatic carbocycles. The number of piperidine rings is 1. The molecule has 0 radical (unpaired) electrons. The molecule has 0 bridgehead atoms. The standard InChI is InChI=1S/C20H25F2N3O2/c1-2-27-20(26)17-13-23-25(18(17)19(21)22)14-24-10-8-16(9-11-24)12-15-6-4-3-5-7-15/h3-7,13,16,19H,2,8-12,14H2,1H3. The zero-order valence-corrected chi connectivity index (χ0v) is 15.5. The van der Waals surface area contributed by atoms with Crippen LogP contribution in [0.1, 0.15) is 47.8 Å². The smallest absolute Gasteiger partial charge is 0.341 e. The van der Waals surface area contributed by atoms with Gasteiger partial charge in [-0.05, 0) is 37.7 Å². The van der Waals surface area contributed by atoms with Crippen LogP contribution in [-0.4, -0.2) is 40.3 Å². The number of rotatable bonds is 7. The van der Waals surface area contributed by atoms with Crippen molar-refractivity contribution < 1.29 is 18.3 Å². The second-order valence-corrected chi connectivity index (χ2v) is 6.86. The molecule has 1 aliphatic rings. The summed E-state index contributed by atoms with van der Waals surface area (Å²) >= 11 is 0. The van der Waals surface area contributed by atoms with Crippen molar-refractivity contribution in [2.45, 2.75) is 39.3 Å². The second-order valence-electron chi connectivity index (χ2n) is 6.86. The monoisotopic (exact) mass is 377 g/mol. The number of nitrogens with zero attached hydrogens (tertiary/aromatic N) is 3. The Hall–Kier alpha value is -2.28. The fourth-order valence-corrected chi connectivity index (χ4v) is 3.57. The van der Waals surface area contributed by atoms with E-state index in [1.54, 1.807) is 6.92 Å². The molecular weight excluding hydrogens is 352 g/mol. The molecule has 1 aliphatic heterocycles. The van der Waals surface area contributed by atoms with Gasteiger partial charge in [-0.25, -0.2) is 18.3 Å². The lowest BCUT2D eigenvalue weighted by Crippen LogP contribution is -2.36. The number of esters is 1. The Balaban J connectivity index is 1.59. The van der Waals surface area contributed by atoms with Crippen LogP contribution >= 0.6 is 0 Å². The summed E-state index contributed by atoms with van der Waals surface area (Å²) in [5.74, 6) is -0.147. The minimum atomic E-state index is -2.78. The van der Waals surface area contributed by atoms with Crippen LogP contribution in [0.2, 0.25) is 0 Å². The summed E-state index contributed by atoms with van der Waals surface area (Å²) in [7, 11) is 0. The van der Waals surface area contributed by atoms with Gasteiger partial charge in [-0.1, -0.05) is 30.3 Å². The van der Waals surface area contributed by atoms with Crippen molar-refractivity contribution in [1.29, 1.82) is 0 Å². The summed E-state index contributed by atoms with van der Waals surface area (Å²) in [4.78, 5) is 14.0. The summed E-state index contributed by atoms with van der Waals surface area (Å²) in [6, 6.07) is 10.4. The summed E-state index contributed by atoms with van der Waals surface area (Å²) in [5, 5.41) is 4.02. The third kappa shape index (κ3) is 4.91. The van der Waals surface area contributed by atoms with Crippen LogP contribution in [0.5, 0.6) is 0 Å². The first-order chi connectivity index (χ1) is 13.1. The molecule has 0 amide bonds. The summed E-state index contributed by atoms with van der Waals surface area (Å²) in [5.41, 5.74) is 0.827. The highest BCUT2D eigenvalue weighted by Crippen LogP contribution is 2.26. The number of alkyl halides is 2. The zero-order chi connectivity index (χ0) is 19.2. The van der Waals surface area contributed by atoms with Crippen molar-refractivity contribution in [2.75, 3.05) is 19.7 Å². The maximum Gasteiger partial charge on any atom is 0.341 e. The lowest BCUT2D eigenvalue weighted by Gasteiger charge is -2.32. The number of benzene rings is 1. The average molecular weight is 377 g/mol. The molecule has 1 aromatic carbocycles. The van der Waals surface area contributed by atoms with E-state index in [4.69, 9.17) is 4.74 Å². The Morgan fingerprint density at radius 2 is 1.96 bits per heavy atom. The Labute approximate surface area is 157 Å². The van der Waals surface area contributed by atoms with Crippen molar-refractivity contribution in [3.05, 3.63) is 53.3 Å². The van der Waals surface area contributed by atoms with Gasteiger partial charge >= 0.3 is 5.97 Å². The van der Waals surface area contributed by atoms with Gasteiger partial charge in [0, 0.05) is 13.1 Å². The van der Waals surface area contributed by atoms with Gasteiger partial charge in [0.1, 0.15) is 11.3 Å². The SMILES string of the molecule is CCOC(=O)c1cnn(CN2CCC(Cc3ccccc3)CC2)c1C(F)F. The molecule has 1 saturated heterocycles. The Morgan fingerprint density at radius 1 is 1.26 bits per heavy atom. The second kappa shape index (κ2) is 9.08. The molecule has 2 aromatic rings. The Morgan fingerprint density at radius 3 is 2.59 bits per heavy atom. The number of aromatic nitrogens is 2. The average Bonchev–Trinajstić information content (AvgIpc) is 3.08. The van der Waals surface area contributed by atoms with Gasteiger partial charge in [0.2, 0.25) is 0 Å². The van der Waals surface area contributed by atoms with Gasteiger partial charge in [0.15, 0.2) is 0 Å². The molecule has 0 unspecified atom stereocenters. The minimum Gasteiger partial charge on any atom is -0.462 e. The van der Waals surface area contributed by atoms with E-state index >= 15 is 0 Å². The van der Waals surface area contributed by atoms with E-state index in [1.165, 1.54) is 16.4 Å². The van der Waals surface area contributed by atoms with Crippen LogP contribution in [0.3, 0.4) is 0 Å². The number of likely N-dealkylation sites (tertiary alicyclic amines) is 1. The van der Waals surface area contributed by atoms with Gasteiger partial charge in [-0.3, -0.25) is 4.90 Å². The van der Waals surface area contributed by atoms with Crippen LogP contribution in [-0.2, 0) is 17.8 Å². The molecule has 7 heteroatoms. The van der Waals surface area contributed by atoms with Crippen molar-refractivity contribution in [3.63, 3.8) is 0 Å². The summed E-state index contributed by atoms with van der Waals surface area (Å²) < 4.78 is 33.1. The van der Waals surface area contributed by atoms with Gasteiger partial charge in [-0.15, -0.1) is 0 Å². The van der Waals surface area contributed by atoms with Crippen molar-refractivity contribution in [1.82, 2.24) is 14.7 Å². The van der Waals surface area contributed by atoms with E-state index in [2.05, 4.69) is 34.3 Å². The van der Waals surface area contributed by atoms with E-state index in [0.717, 1.165) is 32.4 Å². The third-order valence-corrected chi connectivity index (χ3v) is 4.99. The maximum atomic E-state index is 13.5. The fraction of sp³-hybridized carbons (Fsp3) is 0.500. The lowest BCUT2D eigenvalue weighted by molar-refractivity contribution is 0.0510. The number of halogens is 2. The Kier molecular flexibility index (Phi) is 6.55. The number of ether oxygens (including phenoxy) is 1. The van der Waals surface area contributed by atoms with Gasteiger partial charge < -0.3 is 4.74 Å². The zero-order valence-electron chi connectivity index (χ0n) is 15.5. The predicted molar refractivity (Wildman–Crippen MR) is 97.6 cm³/mol. The molecule has 1 fully saturated rings. The van der Waals surface area contributed by atoms with Crippen LogP contribution in [0.4, 0.5) is 8.78 Å². The van der Waals surface area contributed by atoms with Crippen LogP contribution in [0, 0.1) is 5.92 Å². The van der Waals surface area contributed by atoms with Crippen molar-refractivity contribution in [2.24, 2.45) is 5.92 Å². The van der Waals surface area contributed by atoms with Crippen LogP contribution < -0.4 is 0 Å². The fourth-order valence-electron chi connectivity index (χ4n) is 3.57. The lowest BCUT2D eigenvalue weighted by atomic mass is 9.90. The highest BCUT2D eigenvalue weighted by molar-refractivity contribution is 5.90. The van der Waals surface area contributed by atoms with Crippen LogP contribution in [0.25, 0.3) is 0 Å². The molecular formula is C20H25F2N3O2. The first-order valence-corrected chi connectivity index (χ1v) is 9.35. The number of hydrogen-bond acceptors (Lipinski definition) is 4. The molecule has 0 saturated carbocycles. The molecule has 1 aromatic heterocycles. The largest absolute Gasteiger partial charge is 0.462 e. The van der Waals surface area contributed by atoms with Crippen molar-refractivity contribution in [3.8, 4) is 0 Å². The Bertz CT molecular complexity index is 741. The van der Waals surface area contributed by atoms with Crippen molar-refractivity contribution >= 4 is 5.97 Å². The van der Waals surface area contributed by atoms with E-state index in [0.29, 0.717) is 5.92 Å². The minimum absolute atomic E-state index is 0.140. The highest BCUT2D eigenvalue weighted by Gasteiger charge is 2.27. The quantitative estimate of drug-likeness (QED) is 0.687. The van der Waals surface area contributed by atoms with E-state index < -0.39 is 12.4 Å².